The Labute approximate surface area is 199 Å². The van der Waals surface area contributed by atoms with Gasteiger partial charge in [-0.1, -0.05) is 56.3 Å². The summed E-state index contributed by atoms with van der Waals surface area (Å²) in [5.41, 5.74) is 1.25. The number of para-hydroxylation sites is 1. The number of rotatable bonds is 10. The van der Waals surface area contributed by atoms with Gasteiger partial charge in [0.1, 0.15) is 0 Å². The Morgan fingerprint density at radius 2 is 1.85 bits per heavy atom. The minimum atomic E-state index is -0.687. The van der Waals surface area contributed by atoms with Crippen molar-refractivity contribution < 1.29 is 23.8 Å². The summed E-state index contributed by atoms with van der Waals surface area (Å²) in [6.45, 7) is 7.30. The molecule has 7 heteroatoms. The van der Waals surface area contributed by atoms with Crippen molar-refractivity contribution in [3.63, 3.8) is 0 Å². The summed E-state index contributed by atoms with van der Waals surface area (Å²) in [6, 6.07) is 15.6. The van der Waals surface area contributed by atoms with Crippen LogP contribution in [0.1, 0.15) is 42.4 Å². The van der Waals surface area contributed by atoms with E-state index in [4.69, 9.17) is 9.15 Å². The first-order chi connectivity index (χ1) is 16.5. The Kier molecular flexibility index (Phi) is 7.03. The number of carbonyl (C=O) groups excluding carboxylic acids is 2. The number of methoxy groups -OCH3 is 1. The molecule has 1 aliphatic rings. The van der Waals surface area contributed by atoms with Crippen LogP contribution in [0.15, 0.2) is 70.3 Å². The van der Waals surface area contributed by atoms with E-state index >= 15 is 0 Å². The van der Waals surface area contributed by atoms with Gasteiger partial charge in [-0.3, -0.25) is 9.59 Å². The van der Waals surface area contributed by atoms with E-state index in [1.165, 1.54) is 7.11 Å². The van der Waals surface area contributed by atoms with Gasteiger partial charge in [0.2, 0.25) is 5.78 Å². The number of Topliss-reactive ketones (excluding diaryl/α,β-unsaturated/α-hetero) is 1. The molecular weight excluding hydrogens is 432 g/mol. The lowest BCUT2D eigenvalue weighted by atomic mass is 9.95. The smallest absolute Gasteiger partial charge is 0.290 e. The van der Waals surface area contributed by atoms with Gasteiger partial charge in [0, 0.05) is 11.9 Å². The fourth-order valence-electron chi connectivity index (χ4n) is 4.54. The van der Waals surface area contributed by atoms with Crippen LogP contribution in [0.4, 0.5) is 0 Å². The van der Waals surface area contributed by atoms with Crippen LogP contribution in [-0.2, 0) is 4.79 Å². The number of ketones is 1. The van der Waals surface area contributed by atoms with Crippen LogP contribution in [0.25, 0.3) is 11.0 Å². The summed E-state index contributed by atoms with van der Waals surface area (Å²) in [5.74, 6) is -1.00. The largest absolute Gasteiger partial charge is 0.503 e. The van der Waals surface area contributed by atoms with E-state index in [1.54, 1.807) is 17.0 Å². The molecule has 7 nitrogen and oxygen atoms in total. The van der Waals surface area contributed by atoms with Crippen LogP contribution < -0.4 is 4.74 Å². The van der Waals surface area contributed by atoms with Gasteiger partial charge in [-0.25, -0.2) is 0 Å². The molecule has 1 N–H and O–H groups in total. The highest BCUT2D eigenvalue weighted by Gasteiger charge is 2.44. The predicted molar refractivity (Wildman–Crippen MR) is 130 cm³/mol. The number of carbonyl (C=O) groups is 2. The topological polar surface area (TPSA) is 83.2 Å². The van der Waals surface area contributed by atoms with Crippen LogP contribution in [-0.4, -0.2) is 59.9 Å². The molecule has 4 rings (SSSR count). The Balaban J connectivity index is 1.70. The number of hydrogen-bond donors (Lipinski definition) is 1. The first-order valence-electron chi connectivity index (χ1n) is 11.6. The second kappa shape index (κ2) is 10.1. The van der Waals surface area contributed by atoms with E-state index < -0.39 is 23.5 Å². The maximum absolute atomic E-state index is 13.6. The number of furan rings is 1. The number of amides is 1. The fourth-order valence-corrected chi connectivity index (χ4v) is 4.54. The second-order valence-electron chi connectivity index (χ2n) is 8.27. The van der Waals surface area contributed by atoms with Crippen molar-refractivity contribution in [2.24, 2.45) is 0 Å². The molecule has 0 aliphatic carbocycles. The lowest BCUT2D eigenvalue weighted by Gasteiger charge is -2.28. The Hall–Kier alpha value is -3.58. The van der Waals surface area contributed by atoms with E-state index in [2.05, 4.69) is 18.7 Å². The van der Waals surface area contributed by atoms with E-state index in [0.29, 0.717) is 23.3 Å². The number of ether oxygens (including phenoxy) is 1. The summed E-state index contributed by atoms with van der Waals surface area (Å²) in [7, 11) is 1.53. The van der Waals surface area contributed by atoms with Gasteiger partial charge < -0.3 is 24.1 Å². The molecule has 1 atom stereocenters. The number of hydrogen-bond acceptors (Lipinski definition) is 6. The van der Waals surface area contributed by atoms with Gasteiger partial charge in [0.05, 0.1) is 18.7 Å². The highest BCUT2D eigenvalue weighted by Crippen LogP contribution is 2.40. The molecule has 0 unspecified atom stereocenters. The first-order valence-corrected chi connectivity index (χ1v) is 11.6. The third kappa shape index (κ3) is 4.31. The van der Waals surface area contributed by atoms with Gasteiger partial charge in [-0.05, 0) is 43.8 Å². The van der Waals surface area contributed by atoms with Crippen molar-refractivity contribution in [3.8, 4) is 5.75 Å². The zero-order chi connectivity index (χ0) is 24.2. The Morgan fingerprint density at radius 1 is 1.12 bits per heavy atom. The zero-order valence-electron chi connectivity index (χ0n) is 19.8. The minimum Gasteiger partial charge on any atom is -0.503 e. The van der Waals surface area contributed by atoms with Crippen LogP contribution >= 0.6 is 0 Å². The molecule has 0 spiro atoms. The predicted octanol–water partition coefficient (Wildman–Crippen LogP) is 4.75. The average molecular weight is 463 g/mol. The number of nitrogens with zero attached hydrogens (tertiary/aromatic N) is 2. The van der Waals surface area contributed by atoms with Crippen molar-refractivity contribution in [3.05, 3.63) is 77.3 Å². The van der Waals surface area contributed by atoms with Crippen molar-refractivity contribution in [2.75, 3.05) is 33.3 Å². The summed E-state index contributed by atoms with van der Waals surface area (Å²) in [6.07, 6.45) is 0.730. The fraction of sp³-hybridized carbons (Fsp3) is 0.333. The molecule has 178 valence electrons. The SMILES string of the molecule is CCN(CC)CCCN1C(=O)C(O)=C(C(=O)c2cc3cccc(OC)c3o2)[C@H]1c1ccccc1. The minimum absolute atomic E-state index is 0.0389. The van der Waals surface area contributed by atoms with Crippen molar-refractivity contribution in [1.29, 1.82) is 0 Å². The van der Waals surface area contributed by atoms with Crippen molar-refractivity contribution in [2.45, 2.75) is 26.3 Å². The molecule has 0 saturated heterocycles. The number of benzene rings is 2. The van der Waals surface area contributed by atoms with Gasteiger partial charge in [0.15, 0.2) is 22.9 Å². The molecule has 1 amide bonds. The zero-order valence-corrected chi connectivity index (χ0v) is 19.8. The lowest BCUT2D eigenvalue weighted by Crippen LogP contribution is -2.34. The molecule has 3 aromatic rings. The average Bonchev–Trinajstić information content (AvgIpc) is 3.41. The van der Waals surface area contributed by atoms with Crippen molar-refractivity contribution >= 4 is 22.7 Å². The molecule has 1 aromatic heterocycles. The molecular formula is C27H30N2O5. The van der Waals surface area contributed by atoms with Gasteiger partial charge >= 0.3 is 0 Å². The highest BCUT2D eigenvalue weighted by atomic mass is 16.5. The molecule has 2 aromatic carbocycles. The van der Waals surface area contributed by atoms with Gasteiger partial charge in [-0.2, -0.15) is 0 Å². The summed E-state index contributed by atoms with van der Waals surface area (Å²) < 4.78 is 11.2. The molecule has 0 fully saturated rings. The van der Waals surface area contributed by atoms with Crippen LogP contribution in [0.2, 0.25) is 0 Å². The molecule has 0 bridgehead atoms. The Morgan fingerprint density at radius 3 is 2.53 bits per heavy atom. The first kappa shape index (κ1) is 23.6. The van der Waals surface area contributed by atoms with Gasteiger partial charge in [0.25, 0.3) is 5.91 Å². The maximum Gasteiger partial charge on any atom is 0.290 e. The number of aliphatic hydroxyl groups is 1. The van der Waals surface area contributed by atoms with E-state index in [0.717, 1.165) is 31.6 Å². The van der Waals surface area contributed by atoms with Crippen molar-refractivity contribution in [1.82, 2.24) is 9.80 Å². The van der Waals surface area contributed by atoms with Crippen LogP contribution in [0.3, 0.4) is 0 Å². The maximum atomic E-state index is 13.6. The standard InChI is InChI=1S/C27H30N2O5/c1-4-28(5-2)15-10-16-29-23(18-11-7-6-8-12-18)22(25(31)27(29)32)24(30)21-17-19-13-9-14-20(33-3)26(19)34-21/h6-9,11-14,17,23,31H,4-5,10,15-16H2,1-3H3/t23-/m1/s1. The normalized spacial score (nSPS) is 16.2. The second-order valence-corrected chi connectivity index (χ2v) is 8.27. The molecule has 0 radical (unpaired) electrons. The third-order valence-corrected chi connectivity index (χ3v) is 6.38. The quantitative estimate of drug-likeness (QED) is 0.438. The molecule has 0 saturated carbocycles. The summed E-state index contributed by atoms with van der Waals surface area (Å²) in [5, 5.41) is 11.6. The summed E-state index contributed by atoms with van der Waals surface area (Å²) in [4.78, 5) is 30.6. The van der Waals surface area contributed by atoms with Gasteiger partial charge in [-0.15, -0.1) is 0 Å². The van der Waals surface area contributed by atoms with Crippen LogP contribution in [0.5, 0.6) is 5.75 Å². The van der Waals surface area contributed by atoms with Crippen LogP contribution in [0, 0.1) is 0 Å². The monoisotopic (exact) mass is 462 g/mol. The molecule has 2 heterocycles. The van der Waals surface area contributed by atoms with E-state index in [-0.39, 0.29) is 11.3 Å². The lowest BCUT2D eigenvalue weighted by molar-refractivity contribution is -0.129. The van der Waals surface area contributed by atoms with E-state index in [9.17, 15) is 14.7 Å². The number of fused-ring (bicyclic) bond motifs is 1. The van der Waals surface area contributed by atoms with E-state index in [1.807, 2.05) is 42.5 Å². The highest BCUT2D eigenvalue weighted by molar-refractivity contribution is 6.16. The molecule has 1 aliphatic heterocycles. The molecule has 34 heavy (non-hydrogen) atoms. The Bertz CT molecular complexity index is 1210. The summed E-state index contributed by atoms with van der Waals surface area (Å²) >= 11 is 0. The number of aliphatic hydroxyl groups excluding tert-OH is 1. The third-order valence-electron chi connectivity index (χ3n) is 6.38.